The quantitative estimate of drug-likeness (QED) is 0.769. The summed E-state index contributed by atoms with van der Waals surface area (Å²) in [4.78, 5) is 12.5. The Kier molecular flexibility index (Phi) is 4.93. The van der Waals surface area contributed by atoms with Crippen LogP contribution in [0.15, 0.2) is 24.3 Å². The summed E-state index contributed by atoms with van der Waals surface area (Å²) in [6.07, 6.45) is -0.566. The molecule has 0 saturated carbocycles. The number of ether oxygens (including phenoxy) is 1. The number of aromatic carboxylic acids is 1. The van der Waals surface area contributed by atoms with Crippen LogP contribution >= 0.6 is 0 Å². The first kappa shape index (κ1) is 13.5. The van der Waals surface area contributed by atoms with E-state index in [0.29, 0.717) is 6.54 Å². The summed E-state index contributed by atoms with van der Waals surface area (Å²) in [5.74, 6) is -0.946. The molecule has 0 aliphatic rings. The van der Waals surface area contributed by atoms with Crippen LogP contribution in [0.25, 0.3) is 0 Å². The van der Waals surface area contributed by atoms with Crippen molar-refractivity contribution in [3.05, 3.63) is 29.8 Å². The summed E-state index contributed by atoms with van der Waals surface area (Å²) in [7, 11) is 3.36. The molecular formula is C12H17NO4. The third-order valence-electron chi connectivity index (χ3n) is 2.40. The minimum Gasteiger partial charge on any atom is -0.478 e. The van der Waals surface area contributed by atoms with Crippen molar-refractivity contribution in [1.82, 2.24) is 0 Å². The van der Waals surface area contributed by atoms with Gasteiger partial charge in [-0.25, -0.2) is 4.79 Å². The number of hydrogen-bond donors (Lipinski definition) is 2. The highest BCUT2D eigenvalue weighted by molar-refractivity contribution is 5.88. The average molecular weight is 239 g/mol. The number of likely N-dealkylation sites (N-methyl/N-ethyl adjacent to an activating group) is 1. The van der Waals surface area contributed by atoms with Crippen molar-refractivity contribution in [2.45, 2.75) is 6.10 Å². The summed E-state index contributed by atoms with van der Waals surface area (Å²) in [6, 6.07) is 6.50. The molecule has 0 fully saturated rings. The highest BCUT2D eigenvalue weighted by atomic mass is 16.5. The van der Waals surface area contributed by atoms with E-state index in [1.165, 1.54) is 19.2 Å². The van der Waals surface area contributed by atoms with E-state index < -0.39 is 12.1 Å². The molecule has 0 heterocycles. The fraction of sp³-hybridized carbons (Fsp3) is 0.417. The van der Waals surface area contributed by atoms with E-state index in [1.807, 2.05) is 11.9 Å². The van der Waals surface area contributed by atoms with Gasteiger partial charge < -0.3 is 19.8 Å². The van der Waals surface area contributed by atoms with Crippen molar-refractivity contribution in [1.29, 1.82) is 0 Å². The van der Waals surface area contributed by atoms with Crippen LogP contribution in [0.5, 0.6) is 0 Å². The predicted molar refractivity (Wildman–Crippen MR) is 64.6 cm³/mol. The van der Waals surface area contributed by atoms with E-state index in [1.54, 1.807) is 12.1 Å². The maximum atomic E-state index is 10.7. The molecule has 0 amide bonds. The summed E-state index contributed by atoms with van der Waals surface area (Å²) >= 11 is 0. The number of rotatable bonds is 6. The van der Waals surface area contributed by atoms with Crippen LogP contribution in [0.4, 0.5) is 5.69 Å². The molecule has 1 aromatic rings. The van der Waals surface area contributed by atoms with Crippen LogP contribution in [0.1, 0.15) is 10.4 Å². The molecule has 1 aromatic carbocycles. The van der Waals surface area contributed by atoms with E-state index in [9.17, 15) is 9.90 Å². The fourth-order valence-corrected chi connectivity index (χ4v) is 1.53. The van der Waals surface area contributed by atoms with Crippen molar-refractivity contribution >= 4 is 11.7 Å². The van der Waals surface area contributed by atoms with Gasteiger partial charge in [-0.1, -0.05) is 0 Å². The molecule has 94 valence electrons. The first-order valence-corrected chi connectivity index (χ1v) is 5.26. The Labute approximate surface area is 100 Å². The van der Waals surface area contributed by atoms with Crippen LogP contribution in [-0.4, -0.2) is 49.6 Å². The predicted octanol–water partition coefficient (Wildman–Crippen LogP) is 0.828. The first-order valence-electron chi connectivity index (χ1n) is 5.26. The number of aliphatic hydroxyl groups is 1. The van der Waals surface area contributed by atoms with Gasteiger partial charge >= 0.3 is 5.97 Å². The van der Waals surface area contributed by atoms with Crippen molar-refractivity contribution in [3.8, 4) is 0 Å². The molecule has 0 spiro atoms. The number of carboxylic acids is 1. The summed E-state index contributed by atoms with van der Waals surface area (Å²) < 4.78 is 4.84. The summed E-state index contributed by atoms with van der Waals surface area (Å²) in [5.41, 5.74) is 1.10. The van der Waals surface area contributed by atoms with Gasteiger partial charge in [0.1, 0.15) is 0 Å². The number of anilines is 1. The van der Waals surface area contributed by atoms with Crippen molar-refractivity contribution in [2.24, 2.45) is 0 Å². The number of nitrogens with zero attached hydrogens (tertiary/aromatic N) is 1. The second kappa shape index (κ2) is 6.22. The maximum absolute atomic E-state index is 10.7. The highest BCUT2D eigenvalue weighted by Crippen LogP contribution is 2.14. The van der Waals surface area contributed by atoms with Gasteiger partial charge in [0, 0.05) is 26.4 Å². The molecule has 1 atom stereocenters. The van der Waals surface area contributed by atoms with Gasteiger partial charge in [0.15, 0.2) is 0 Å². The summed E-state index contributed by atoms with van der Waals surface area (Å²) in [5, 5.41) is 18.3. The highest BCUT2D eigenvalue weighted by Gasteiger charge is 2.09. The molecule has 0 aliphatic heterocycles. The van der Waals surface area contributed by atoms with Crippen LogP contribution in [0.3, 0.4) is 0 Å². The monoisotopic (exact) mass is 239 g/mol. The van der Waals surface area contributed by atoms with Crippen LogP contribution in [0.2, 0.25) is 0 Å². The number of carbonyl (C=O) groups is 1. The molecule has 0 saturated heterocycles. The van der Waals surface area contributed by atoms with Gasteiger partial charge in [0.05, 0.1) is 18.3 Å². The molecule has 5 heteroatoms. The Bertz CT molecular complexity index is 363. The van der Waals surface area contributed by atoms with Crippen LogP contribution in [-0.2, 0) is 4.74 Å². The Hall–Kier alpha value is -1.59. The lowest BCUT2D eigenvalue weighted by atomic mass is 10.2. The Morgan fingerprint density at radius 3 is 2.47 bits per heavy atom. The molecule has 17 heavy (non-hydrogen) atoms. The Balaban J connectivity index is 2.63. The topological polar surface area (TPSA) is 70.0 Å². The lowest BCUT2D eigenvalue weighted by molar-refractivity contribution is 0.0691. The van der Waals surface area contributed by atoms with E-state index >= 15 is 0 Å². The van der Waals surface area contributed by atoms with Gasteiger partial charge in [-0.3, -0.25) is 0 Å². The molecule has 0 radical (unpaired) electrons. The van der Waals surface area contributed by atoms with Gasteiger partial charge in [0.2, 0.25) is 0 Å². The zero-order valence-corrected chi connectivity index (χ0v) is 9.96. The van der Waals surface area contributed by atoms with Crippen LogP contribution < -0.4 is 4.90 Å². The fourth-order valence-electron chi connectivity index (χ4n) is 1.53. The molecular weight excluding hydrogens is 222 g/mol. The van der Waals surface area contributed by atoms with Crippen molar-refractivity contribution in [3.63, 3.8) is 0 Å². The van der Waals surface area contributed by atoms with Crippen molar-refractivity contribution in [2.75, 3.05) is 32.2 Å². The zero-order valence-electron chi connectivity index (χ0n) is 9.96. The first-order chi connectivity index (χ1) is 8.04. The molecule has 1 rings (SSSR count). The average Bonchev–Trinajstić information content (AvgIpc) is 2.29. The molecule has 0 aromatic heterocycles. The number of hydrogen-bond acceptors (Lipinski definition) is 4. The van der Waals surface area contributed by atoms with E-state index in [0.717, 1.165) is 5.69 Å². The lowest BCUT2D eigenvalue weighted by Gasteiger charge is -2.22. The largest absolute Gasteiger partial charge is 0.478 e. The van der Waals surface area contributed by atoms with Gasteiger partial charge in [-0.15, -0.1) is 0 Å². The van der Waals surface area contributed by atoms with Crippen molar-refractivity contribution < 1.29 is 19.7 Å². The second-order valence-corrected chi connectivity index (χ2v) is 3.84. The normalized spacial score (nSPS) is 12.2. The number of methoxy groups -OCH3 is 1. The third kappa shape index (κ3) is 4.05. The lowest BCUT2D eigenvalue weighted by Crippen LogP contribution is -2.31. The molecule has 2 N–H and O–H groups in total. The molecule has 5 nitrogen and oxygen atoms in total. The second-order valence-electron chi connectivity index (χ2n) is 3.84. The molecule has 0 aliphatic carbocycles. The standard InChI is InChI=1S/C12H17NO4/c1-13(7-11(14)8-17-2)10-5-3-9(4-6-10)12(15)16/h3-6,11,14H,7-8H2,1-2H3,(H,15,16). The van der Waals surface area contributed by atoms with Gasteiger partial charge in [0.25, 0.3) is 0 Å². The van der Waals surface area contributed by atoms with E-state index in [-0.39, 0.29) is 12.2 Å². The van der Waals surface area contributed by atoms with E-state index in [4.69, 9.17) is 9.84 Å². The SMILES string of the molecule is COCC(O)CN(C)c1ccc(C(=O)O)cc1. The van der Waals surface area contributed by atoms with Gasteiger partial charge in [-0.05, 0) is 24.3 Å². The smallest absolute Gasteiger partial charge is 0.335 e. The minimum atomic E-state index is -0.946. The van der Waals surface area contributed by atoms with Crippen LogP contribution in [0, 0.1) is 0 Å². The number of carboxylic acid groups (broad SMARTS) is 1. The molecule has 1 unspecified atom stereocenters. The maximum Gasteiger partial charge on any atom is 0.335 e. The molecule has 0 bridgehead atoms. The third-order valence-corrected chi connectivity index (χ3v) is 2.40. The summed E-state index contributed by atoms with van der Waals surface area (Å²) in [6.45, 7) is 0.706. The Morgan fingerprint density at radius 1 is 1.41 bits per heavy atom. The van der Waals surface area contributed by atoms with E-state index in [2.05, 4.69) is 0 Å². The minimum absolute atomic E-state index is 0.250. The number of benzene rings is 1. The number of aliphatic hydroxyl groups excluding tert-OH is 1. The van der Waals surface area contributed by atoms with Gasteiger partial charge in [-0.2, -0.15) is 0 Å². The zero-order chi connectivity index (χ0) is 12.8. The Morgan fingerprint density at radius 2 is 2.00 bits per heavy atom.